The summed E-state index contributed by atoms with van der Waals surface area (Å²) in [6, 6.07) is 4.99. The summed E-state index contributed by atoms with van der Waals surface area (Å²) in [5.41, 5.74) is 2.84. The Morgan fingerprint density at radius 3 is 2.77 bits per heavy atom. The van der Waals surface area contributed by atoms with Crippen LogP contribution in [0.2, 0.25) is 0 Å². The summed E-state index contributed by atoms with van der Waals surface area (Å²) in [4.78, 5) is 0. The van der Waals surface area contributed by atoms with E-state index in [9.17, 15) is 4.39 Å². The number of rotatable bonds is 4. The molecule has 0 aliphatic heterocycles. The molecule has 0 aliphatic carbocycles. The van der Waals surface area contributed by atoms with Gasteiger partial charge < -0.3 is 9.94 Å². The Hall–Kier alpha value is -0.970. The van der Waals surface area contributed by atoms with Crippen molar-refractivity contribution in [2.45, 2.75) is 13.2 Å². The van der Waals surface area contributed by atoms with Gasteiger partial charge in [-0.3, -0.25) is 0 Å². The summed E-state index contributed by atoms with van der Waals surface area (Å²) in [7, 11) is 1.51. The highest BCUT2D eigenvalue weighted by atomic mass is 19.1. The number of nitrogens with one attached hydrogen (secondary N) is 1. The van der Waals surface area contributed by atoms with Crippen molar-refractivity contribution < 1.29 is 14.3 Å². The van der Waals surface area contributed by atoms with Crippen LogP contribution in [0.3, 0.4) is 0 Å². The van der Waals surface area contributed by atoms with E-state index < -0.39 is 0 Å². The summed E-state index contributed by atoms with van der Waals surface area (Å²) < 4.78 is 18.2. The van der Waals surface area contributed by atoms with Crippen LogP contribution in [0.25, 0.3) is 0 Å². The molecule has 13 heavy (non-hydrogen) atoms. The third-order valence-corrected chi connectivity index (χ3v) is 1.73. The van der Waals surface area contributed by atoms with Crippen LogP contribution in [0.15, 0.2) is 18.2 Å². The van der Waals surface area contributed by atoms with Gasteiger partial charge >= 0.3 is 0 Å². The zero-order valence-corrected chi connectivity index (χ0v) is 7.38. The van der Waals surface area contributed by atoms with Crippen molar-refractivity contribution in [3.63, 3.8) is 0 Å². The Labute approximate surface area is 76.1 Å². The van der Waals surface area contributed by atoms with Crippen molar-refractivity contribution in [1.29, 1.82) is 0 Å². The highest BCUT2D eigenvalue weighted by Crippen LogP contribution is 2.13. The van der Waals surface area contributed by atoms with Gasteiger partial charge in [0.15, 0.2) is 0 Å². The smallest absolute Gasteiger partial charge is 0.133 e. The Morgan fingerprint density at radius 2 is 2.15 bits per heavy atom. The molecular weight excluding hydrogens is 173 g/mol. The van der Waals surface area contributed by atoms with Crippen molar-refractivity contribution in [1.82, 2.24) is 5.48 Å². The Balaban J connectivity index is 2.89. The number of hydrogen-bond donors (Lipinski definition) is 2. The van der Waals surface area contributed by atoms with Gasteiger partial charge in [0, 0.05) is 24.8 Å². The van der Waals surface area contributed by atoms with E-state index in [1.165, 1.54) is 7.11 Å². The number of hydroxylamine groups is 1. The van der Waals surface area contributed by atoms with Gasteiger partial charge in [0.2, 0.25) is 0 Å². The van der Waals surface area contributed by atoms with Crippen LogP contribution in [0.1, 0.15) is 11.1 Å². The van der Waals surface area contributed by atoms with Crippen LogP contribution in [0.4, 0.5) is 4.39 Å². The van der Waals surface area contributed by atoms with Crippen LogP contribution >= 0.6 is 0 Å². The molecule has 0 aromatic heterocycles. The van der Waals surface area contributed by atoms with Crippen molar-refractivity contribution >= 4 is 0 Å². The number of hydrogen-bond acceptors (Lipinski definition) is 3. The summed E-state index contributed by atoms with van der Waals surface area (Å²) in [5, 5.41) is 8.42. The molecule has 0 aliphatic rings. The average molecular weight is 185 g/mol. The van der Waals surface area contributed by atoms with Gasteiger partial charge in [-0.05, 0) is 0 Å². The number of halogens is 1. The van der Waals surface area contributed by atoms with Gasteiger partial charge in [0.05, 0.1) is 6.61 Å². The lowest BCUT2D eigenvalue weighted by atomic mass is 10.1. The molecule has 0 saturated heterocycles. The van der Waals surface area contributed by atoms with E-state index in [2.05, 4.69) is 0 Å². The van der Waals surface area contributed by atoms with Crippen LogP contribution in [0.5, 0.6) is 0 Å². The van der Waals surface area contributed by atoms with E-state index in [4.69, 9.17) is 9.94 Å². The van der Waals surface area contributed by atoms with Gasteiger partial charge in [-0.15, -0.1) is 0 Å². The van der Waals surface area contributed by atoms with Gasteiger partial charge in [-0.25, -0.2) is 9.87 Å². The Morgan fingerprint density at radius 1 is 1.46 bits per heavy atom. The second-order valence-electron chi connectivity index (χ2n) is 2.66. The number of benzene rings is 1. The van der Waals surface area contributed by atoms with Gasteiger partial charge in [-0.1, -0.05) is 18.2 Å². The maximum Gasteiger partial charge on any atom is 0.133 e. The predicted octanol–water partition coefficient (Wildman–Crippen LogP) is 1.45. The lowest BCUT2D eigenvalue weighted by Gasteiger charge is -2.06. The second kappa shape index (κ2) is 4.91. The molecule has 0 saturated carbocycles. The molecule has 1 aromatic carbocycles. The summed E-state index contributed by atoms with van der Waals surface area (Å²) in [6.07, 6.45) is 0. The first-order valence-corrected chi connectivity index (χ1v) is 3.91. The van der Waals surface area contributed by atoms with Gasteiger partial charge in [0.25, 0.3) is 0 Å². The van der Waals surface area contributed by atoms with E-state index in [0.717, 1.165) is 0 Å². The fourth-order valence-electron chi connectivity index (χ4n) is 1.12. The topological polar surface area (TPSA) is 41.5 Å². The van der Waals surface area contributed by atoms with E-state index >= 15 is 0 Å². The molecule has 0 bridgehead atoms. The molecule has 0 amide bonds. The molecule has 1 rings (SSSR count). The van der Waals surface area contributed by atoms with Crippen molar-refractivity contribution in [3.8, 4) is 0 Å². The predicted molar refractivity (Wildman–Crippen MR) is 45.7 cm³/mol. The van der Waals surface area contributed by atoms with Gasteiger partial charge in [0.1, 0.15) is 5.82 Å². The molecule has 2 N–H and O–H groups in total. The molecule has 0 unspecified atom stereocenters. The summed E-state index contributed by atoms with van der Waals surface area (Å²) >= 11 is 0. The minimum atomic E-state index is -0.328. The van der Waals surface area contributed by atoms with E-state index in [0.29, 0.717) is 11.1 Å². The van der Waals surface area contributed by atoms with E-state index in [-0.39, 0.29) is 19.0 Å². The third-order valence-electron chi connectivity index (χ3n) is 1.73. The molecule has 72 valence electrons. The lowest BCUT2D eigenvalue weighted by Crippen LogP contribution is -2.09. The summed E-state index contributed by atoms with van der Waals surface area (Å²) in [6.45, 7) is 0.342. The average Bonchev–Trinajstić information content (AvgIpc) is 2.13. The normalized spacial score (nSPS) is 10.4. The zero-order valence-electron chi connectivity index (χ0n) is 7.38. The highest BCUT2D eigenvalue weighted by Gasteiger charge is 2.06. The largest absolute Gasteiger partial charge is 0.380 e. The quantitative estimate of drug-likeness (QED) is 0.697. The molecule has 0 heterocycles. The minimum Gasteiger partial charge on any atom is -0.380 e. The van der Waals surface area contributed by atoms with Crippen molar-refractivity contribution in [3.05, 3.63) is 35.1 Å². The van der Waals surface area contributed by atoms with Crippen LogP contribution in [-0.2, 0) is 17.9 Å². The molecule has 1 aromatic rings. The first-order valence-electron chi connectivity index (χ1n) is 3.91. The maximum atomic E-state index is 13.4. The van der Waals surface area contributed by atoms with Crippen molar-refractivity contribution in [2.75, 3.05) is 7.11 Å². The first kappa shape index (κ1) is 10.1. The summed E-state index contributed by atoms with van der Waals surface area (Å²) in [5.74, 6) is -0.328. The third kappa shape index (κ3) is 2.48. The minimum absolute atomic E-state index is 0.101. The lowest BCUT2D eigenvalue weighted by molar-refractivity contribution is 0.159. The first-order chi connectivity index (χ1) is 6.29. The monoisotopic (exact) mass is 185 g/mol. The van der Waals surface area contributed by atoms with Crippen LogP contribution < -0.4 is 5.48 Å². The fourth-order valence-corrected chi connectivity index (χ4v) is 1.12. The van der Waals surface area contributed by atoms with Crippen molar-refractivity contribution in [2.24, 2.45) is 0 Å². The molecule has 0 spiro atoms. The standard InChI is InChI=1S/C9H12FNO2/c1-13-6-8-4-2-3-7(5-11-12)9(8)10/h2-4,11-12H,5-6H2,1H3. The highest BCUT2D eigenvalue weighted by molar-refractivity contribution is 5.25. The van der Waals surface area contributed by atoms with E-state index in [1.807, 2.05) is 5.48 Å². The van der Waals surface area contributed by atoms with Gasteiger partial charge in [-0.2, -0.15) is 0 Å². The number of methoxy groups -OCH3 is 1. The van der Waals surface area contributed by atoms with Crippen LogP contribution in [-0.4, -0.2) is 12.3 Å². The molecular formula is C9H12FNO2. The molecule has 0 atom stereocenters. The zero-order chi connectivity index (χ0) is 9.68. The Kier molecular flexibility index (Phi) is 3.82. The van der Waals surface area contributed by atoms with E-state index in [1.54, 1.807) is 18.2 Å². The number of ether oxygens (including phenoxy) is 1. The molecule has 0 fully saturated rings. The SMILES string of the molecule is COCc1cccc(CNO)c1F. The molecule has 4 heteroatoms. The Bertz CT molecular complexity index is 254. The molecule has 3 nitrogen and oxygen atoms in total. The van der Waals surface area contributed by atoms with Crippen LogP contribution in [0, 0.1) is 5.82 Å². The maximum absolute atomic E-state index is 13.4. The fraction of sp³-hybridized carbons (Fsp3) is 0.333. The molecule has 0 radical (unpaired) electrons. The second-order valence-corrected chi connectivity index (χ2v) is 2.66.